The first-order chi connectivity index (χ1) is 13.7. The number of nitrogens with zero attached hydrogens (tertiary/aromatic N) is 1. The van der Waals surface area contributed by atoms with Crippen molar-refractivity contribution in [1.29, 1.82) is 0 Å². The largest absolute Gasteiger partial charge is 0.419 e. The number of benzene rings is 3. The fourth-order valence-electron chi connectivity index (χ4n) is 3.12. The van der Waals surface area contributed by atoms with Gasteiger partial charge >= 0.3 is 5.97 Å². The molecule has 0 saturated carbocycles. The number of pyridine rings is 1. The molecule has 0 N–H and O–H groups in total. The summed E-state index contributed by atoms with van der Waals surface area (Å²) in [5, 5.41) is 0.944. The molecule has 3 aromatic carbocycles. The van der Waals surface area contributed by atoms with Crippen molar-refractivity contribution in [1.82, 2.24) is 0 Å². The lowest BCUT2D eigenvalue weighted by Gasteiger charge is -2.07. The molecule has 0 unspecified atom stereocenters. The van der Waals surface area contributed by atoms with Gasteiger partial charge < -0.3 is 4.74 Å². The van der Waals surface area contributed by atoms with Crippen LogP contribution >= 0.6 is 0 Å². The number of ketones is 1. The second-order valence-corrected chi connectivity index (χ2v) is 6.36. The first-order valence-electron chi connectivity index (χ1n) is 8.99. The Hall–Kier alpha value is -3.79. The maximum absolute atomic E-state index is 12.8. The van der Waals surface area contributed by atoms with Gasteiger partial charge in [-0.3, -0.25) is 4.79 Å². The molecule has 1 heterocycles. The van der Waals surface area contributed by atoms with Gasteiger partial charge in [-0.2, -0.15) is 4.57 Å². The normalized spacial score (nSPS) is 10.6. The summed E-state index contributed by atoms with van der Waals surface area (Å²) in [4.78, 5) is 25.7. The van der Waals surface area contributed by atoms with E-state index in [1.54, 1.807) is 47.0 Å². The van der Waals surface area contributed by atoms with Crippen LogP contribution < -0.4 is 9.30 Å². The van der Waals surface area contributed by atoms with Crippen molar-refractivity contribution >= 4 is 22.7 Å². The fraction of sp³-hybridized carbons (Fsp3) is 0.0417. The second-order valence-electron chi connectivity index (χ2n) is 6.36. The van der Waals surface area contributed by atoms with Crippen molar-refractivity contribution < 1.29 is 18.9 Å². The zero-order valence-corrected chi connectivity index (χ0v) is 15.1. The van der Waals surface area contributed by atoms with E-state index in [1.165, 1.54) is 0 Å². The molecule has 0 saturated heterocycles. The summed E-state index contributed by atoms with van der Waals surface area (Å²) >= 11 is 0. The summed E-state index contributed by atoms with van der Waals surface area (Å²) in [7, 11) is 0. The third kappa shape index (κ3) is 3.67. The molecule has 0 bridgehead atoms. The van der Waals surface area contributed by atoms with Gasteiger partial charge in [0.2, 0.25) is 17.8 Å². The number of hydrogen-bond donors (Lipinski definition) is 0. The van der Waals surface area contributed by atoms with Crippen molar-refractivity contribution in [3.8, 4) is 5.75 Å². The van der Waals surface area contributed by atoms with E-state index in [0.717, 1.165) is 10.9 Å². The topological polar surface area (TPSA) is 47.2 Å². The third-order valence-corrected chi connectivity index (χ3v) is 4.50. The molecule has 0 fully saturated rings. The lowest BCUT2D eigenvalue weighted by Crippen LogP contribution is -2.45. The molecule has 0 atom stereocenters. The van der Waals surface area contributed by atoms with Crippen molar-refractivity contribution in [3.05, 3.63) is 108 Å². The van der Waals surface area contributed by atoms with Crippen LogP contribution in [0.4, 0.5) is 0 Å². The minimum absolute atomic E-state index is 0.0462. The molecular formula is C24H18NO3+. The van der Waals surface area contributed by atoms with Crippen LogP contribution in [0.2, 0.25) is 0 Å². The number of fused-ring (bicyclic) bond motifs is 1. The van der Waals surface area contributed by atoms with Crippen LogP contribution in [0.3, 0.4) is 0 Å². The number of ether oxygens (including phenoxy) is 1. The Morgan fingerprint density at radius 2 is 1.36 bits per heavy atom. The van der Waals surface area contributed by atoms with E-state index in [2.05, 4.69) is 0 Å². The monoisotopic (exact) mass is 368 g/mol. The Balaban J connectivity index is 1.75. The summed E-state index contributed by atoms with van der Waals surface area (Å²) in [6.45, 7) is 0.0462. The van der Waals surface area contributed by atoms with Crippen LogP contribution in [0, 0.1) is 0 Å². The molecular weight excluding hydrogens is 350 g/mol. The number of carbonyl (C=O) groups is 2. The van der Waals surface area contributed by atoms with Crippen LogP contribution in [0.1, 0.15) is 20.8 Å². The number of para-hydroxylation sites is 2. The maximum atomic E-state index is 12.8. The molecule has 4 aromatic rings. The average molecular weight is 368 g/mol. The average Bonchev–Trinajstić information content (AvgIpc) is 2.75. The van der Waals surface area contributed by atoms with Crippen LogP contribution in [0.15, 0.2) is 97.1 Å². The lowest BCUT2D eigenvalue weighted by atomic mass is 10.1. The fourth-order valence-corrected chi connectivity index (χ4v) is 3.12. The van der Waals surface area contributed by atoms with Crippen molar-refractivity contribution in [2.24, 2.45) is 0 Å². The van der Waals surface area contributed by atoms with Gasteiger partial charge in [0.05, 0.1) is 0 Å². The smallest absolute Gasteiger partial charge is 0.409 e. The van der Waals surface area contributed by atoms with E-state index in [9.17, 15) is 9.59 Å². The van der Waals surface area contributed by atoms with E-state index < -0.39 is 5.97 Å². The number of esters is 1. The molecule has 136 valence electrons. The zero-order valence-electron chi connectivity index (χ0n) is 15.1. The number of carbonyl (C=O) groups excluding carboxylic acids is 2. The molecule has 0 radical (unpaired) electrons. The SMILES string of the molecule is O=C(C[n+]1c(C(=O)Oc2ccccc2)ccc2ccccc21)c1ccccc1. The highest BCUT2D eigenvalue weighted by Crippen LogP contribution is 2.15. The van der Waals surface area contributed by atoms with E-state index in [0.29, 0.717) is 17.0 Å². The predicted molar refractivity (Wildman–Crippen MR) is 106 cm³/mol. The van der Waals surface area contributed by atoms with Crippen LogP contribution in [-0.2, 0) is 6.54 Å². The molecule has 0 aliphatic carbocycles. The molecule has 4 rings (SSSR count). The van der Waals surface area contributed by atoms with Crippen LogP contribution in [0.5, 0.6) is 5.75 Å². The van der Waals surface area contributed by atoms with Crippen molar-refractivity contribution in [3.63, 3.8) is 0 Å². The van der Waals surface area contributed by atoms with Gasteiger partial charge in [-0.1, -0.05) is 60.7 Å². The maximum Gasteiger partial charge on any atom is 0.409 e. The molecule has 4 heteroatoms. The number of hydrogen-bond acceptors (Lipinski definition) is 3. The van der Waals surface area contributed by atoms with Gasteiger partial charge in [0.1, 0.15) is 5.75 Å². The summed E-state index contributed by atoms with van der Waals surface area (Å²) < 4.78 is 7.22. The number of Topliss-reactive ketones (excluding diaryl/α,β-unsaturated/α-hetero) is 1. The van der Waals surface area contributed by atoms with Crippen molar-refractivity contribution in [2.75, 3.05) is 0 Å². The second kappa shape index (κ2) is 7.84. The Morgan fingerprint density at radius 1 is 0.714 bits per heavy atom. The summed E-state index contributed by atoms with van der Waals surface area (Å²) in [6.07, 6.45) is 0. The van der Waals surface area contributed by atoms with Crippen LogP contribution in [0.25, 0.3) is 10.9 Å². The molecule has 4 nitrogen and oxygen atoms in total. The van der Waals surface area contributed by atoms with Gasteiger partial charge in [-0.15, -0.1) is 0 Å². The highest BCUT2D eigenvalue weighted by Gasteiger charge is 2.26. The standard InChI is InChI=1S/C24H18NO3/c26-23(19-10-3-1-4-11-19)17-25-21-14-8-7-9-18(21)15-16-22(25)24(27)28-20-12-5-2-6-13-20/h1-16H,17H2/q+1. The zero-order chi connectivity index (χ0) is 19.3. The summed E-state index contributed by atoms with van der Waals surface area (Å²) in [6, 6.07) is 29.2. The number of aromatic nitrogens is 1. The van der Waals surface area contributed by atoms with Gasteiger partial charge in [-0.05, 0) is 24.3 Å². The molecule has 1 aromatic heterocycles. The Kier molecular flexibility index (Phi) is 4.93. The molecule has 0 spiro atoms. The van der Waals surface area contributed by atoms with E-state index in [1.807, 2.05) is 54.6 Å². The van der Waals surface area contributed by atoms with Gasteiger partial charge in [-0.25, -0.2) is 4.79 Å². The van der Waals surface area contributed by atoms with Crippen LogP contribution in [-0.4, -0.2) is 11.8 Å². The highest BCUT2D eigenvalue weighted by molar-refractivity contribution is 5.96. The minimum Gasteiger partial charge on any atom is -0.419 e. The van der Waals surface area contributed by atoms with E-state index in [-0.39, 0.29) is 12.3 Å². The highest BCUT2D eigenvalue weighted by atomic mass is 16.5. The van der Waals surface area contributed by atoms with Gasteiger partial charge in [0.25, 0.3) is 5.69 Å². The van der Waals surface area contributed by atoms with E-state index >= 15 is 0 Å². The summed E-state index contributed by atoms with van der Waals surface area (Å²) in [5.41, 5.74) is 1.73. The predicted octanol–water partition coefficient (Wildman–Crippen LogP) is 4.23. The van der Waals surface area contributed by atoms with Crippen molar-refractivity contribution in [2.45, 2.75) is 6.54 Å². The summed E-state index contributed by atoms with van der Waals surface area (Å²) in [5.74, 6) is -0.116. The first kappa shape index (κ1) is 17.6. The third-order valence-electron chi connectivity index (χ3n) is 4.50. The quantitative estimate of drug-likeness (QED) is 0.229. The molecule has 28 heavy (non-hydrogen) atoms. The van der Waals surface area contributed by atoms with Gasteiger partial charge in [0, 0.05) is 23.1 Å². The Bertz CT molecular complexity index is 1140. The lowest BCUT2D eigenvalue weighted by molar-refractivity contribution is -0.659. The number of rotatable bonds is 5. The minimum atomic E-state index is -0.502. The first-order valence-corrected chi connectivity index (χ1v) is 8.99. The molecule has 0 aliphatic heterocycles. The van der Waals surface area contributed by atoms with Gasteiger partial charge in [0.15, 0.2) is 0 Å². The molecule has 0 amide bonds. The van der Waals surface area contributed by atoms with E-state index in [4.69, 9.17) is 4.74 Å². The Labute approximate surface area is 162 Å². The molecule has 0 aliphatic rings. The Morgan fingerprint density at radius 3 is 2.11 bits per heavy atom.